The third-order valence-electron chi connectivity index (χ3n) is 7.49. The summed E-state index contributed by atoms with van der Waals surface area (Å²) in [6, 6.07) is 15.7. The van der Waals surface area contributed by atoms with Crippen LogP contribution in [0.2, 0.25) is 5.15 Å². The van der Waals surface area contributed by atoms with Gasteiger partial charge in [0.1, 0.15) is 11.6 Å². The van der Waals surface area contributed by atoms with E-state index in [2.05, 4.69) is 39.2 Å². The molecule has 236 valence electrons. The van der Waals surface area contributed by atoms with Crippen molar-refractivity contribution in [3.05, 3.63) is 88.9 Å². The predicted molar refractivity (Wildman–Crippen MR) is 180 cm³/mol. The van der Waals surface area contributed by atoms with Crippen LogP contribution in [0.3, 0.4) is 0 Å². The van der Waals surface area contributed by atoms with Crippen LogP contribution in [0.15, 0.2) is 60.9 Å². The maximum atomic E-state index is 7.57. The van der Waals surface area contributed by atoms with Crippen molar-refractivity contribution in [3.63, 3.8) is 0 Å². The molecule has 47 heavy (non-hydrogen) atoms. The van der Waals surface area contributed by atoms with Crippen LogP contribution >= 0.6 is 11.6 Å². The first-order chi connectivity index (χ1) is 23.0. The molecule has 2 saturated carbocycles. The minimum absolute atomic E-state index is 0.250. The van der Waals surface area contributed by atoms with Gasteiger partial charge < -0.3 is 19.0 Å². The van der Waals surface area contributed by atoms with Crippen molar-refractivity contribution < 1.29 is 9.84 Å². The highest BCUT2D eigenvalue weighted by Gasteiger charge is 2.30. The zero-order chi connectivity index (χ0) is 32.9. The number of nitrogens with zero attached hydrogens (tertiary/aromatic N) is 10. The number of hydrogen-bond donors (Lipinski definition) is 1. The van der Waals surface area contributed by atoms with E-state index in [0.717, 1.165) is 70.5 Å². The molecule has 0 amide bonds. The van der Waals surface area contributed by atoms with E-state index in [-0.39, 0.29) is 6.61 Å². The maximum absolute atomic E-state index is 7.57. The lowest BCUT2D eigenvalue weighted by Crippen LogP contribution is -2.00. The van der Waals surface area contributed by atoms with Gasteiger partial charge >= 0.3 is 0 Å². The van der Waals surface area contributed by atoms with Crippen LogP contribution in [0.4, 0.5) is 11.4 Å². The summed E-state index contributed by atoms with van der Waals surface area (Å²) in [4.78, 5) is 16.5. The monoisotopic (exact) mass is 646 g/mol. The van der Waals surface area contributed by atoms with Crippen molar-refractivity contribution in [2.24, 2.45) is 0 Å². The van der Waals surface area contributed by atoms with E-state index in [1.807, 2.05) is 37.3 Å². The lowest BCUT2D eigenvalue weighted by molar-refractivity contribution is 0.318. The van der Waals surface area contributed by atoms with Crippen LogP contribution in [0.25, 0.3) is 54.5 Å². The largest absolute Gasteiger partial charge is 0.477 e. The molecule has 0 radical (unpaired) electrons. The van der Waals surface area contributed by atoms with Crippen molar-refractivity contribution in [2.45, 2.75) is 51.6 Å². The molecule has 0 bridgehead atoms. The molecular weight excluding hydrogens is 616 g/mol. The molecule has 4 heterocycles. The lowest BCUT2D eigenvalue weighted by atomic mass is 10.2. The number of aliphatic hydroxyl groups is 1. The first-order valence-electron chi connectivity index (χ1n) is 15.3. The molecule has 0 spiro atoms. The van der Waals surface area contributed by atoms with E-state index in [9.17, 15) is 0 Å². The highest BCUT2D eigenvalue weighted by atomic mass is 35.5. The Bertz CT molecular complexity index is 2140. The van der Waals surface area contributed by atoms with Gasteiger partial charge in [-0.1, -0.05) is 23.7 Å². The fourth-order valence-corrected chi connectivity index (χ4v) is 5.43. The molecule has 4 aromatic heterocycles. The Kier molecular flexibility index (Phi) is 9.34. The normalized spacial score (nSPS) is 13.6. The number of aromatic nitrogens is 8. The van der Waals surface area contributed by atoms with Gasteiger partial charge in [-0.3, -0.25) is 0 Å². The van der Waals surface area contributed by atoms with E-state index in [1.165, 1.54) is 0 Å². The van der Waals surface area contributed by atoms with Crippen molar-refractivity contribution in [1.29, 1.82) is 0 Å². The Morgan fingerprint density at radius 3 is 1.72 bits per heavy atom. The van der Waals surface area contributed by atoms with Crippen molar-refractivity contribution in [1.82, 2.24) is 39.5 Å². The fourth-order valence-electron chi connectivity index (χ4n) is 5.26. The fraction of sp³-hybridized carbons (Fsp3) is 0.294. The maximum Gasteiger partial charge on any atom is 0.234 e. The van der Waals surface area contributed by atoms with Crippen LogP contribution in [0, 0.1) is 13.1 Å². The second-order valence-corrected chi connectivity index (χ2v) is 11.3. The van der Waals surface area contributed by atoms with E-state index in [4.69, 9.17) is 44.6 Å². The van der Waals surface area contributed by atoms with Gasteiger partial charge in [-0.05, 0) is 69.9 Å². The molecule has 2 aromatic carbocycles. The van der Waals surface area contributed by atoms with Gasteiger partial charge in [0.15, 0.2) is 16.5 Å². The number of benzene rings is 2. The van der Waals surface area contributed by atoms with Gasteiger partial charge in [0, 0.05) is 35.9 Å². The Morgan fingerprint density at radius 1 is 0.787 bits per heavy atom. The molecule has 8 rings (SSSR count). The van der Waals surface area contributed by atoms with Gasteiger partial charge in [0.2, 0.25) is 5.88 Å². The van der Waals surface area contributed by atoms with Crippen LogP contribution < -0.4 is 4.74 Å². The summed E-state index contributed by atoms with van der Waals surface area (Å²) in [6.07, 6.45) is 7.91. The summed E-state index contributed by atoms with van der Waals surface area (Å²) in [6.45, 7) is 18.8. The Balaban J connectivity index is 0.000000152. The number of imidazole rings is 2. The first kappa shape index (κ1) is 31.5. The predicted octanol–water partition coefficient (Wildman–Crippen LogP) is 7.81. The molecule has 2 aliphatic rings. The van der Waals surface area contributed by atoms with Crippen molar-refractivity contribution in [2.75, 3.05) is 13.2 Å². The third kappa shape index (κ3) is 6.89. The quantitative estimate of drug-likeness (QED) is 0.182. The summed E-state index contributed by atoms with van der Waals surface area (Å²) in [5, 5.41) is 23.6. The molecule has 2 fully saturated rings. The molecule has 2 aliphatic carbocycles. The smallest absolute Gasteiger partial charge is 0.234 e. The first-order valence-corrected chi connectivity index (χ1v) is 15.7. The molecule has 1 N–H and O–H groups in total. The average Bonchev–Trinajstić information content (AvgIpc) is 4.04. The van der Waals surface area contributed by atoms with Gasteiger partial charge in [-0.15, -0.1) is 10.2 Å². The van der Waals surface area contributed by atoms with E-state index < -0.39 is 0 Å². The summed E-state index contributed by atoms with van der Waals surface area (Å²) >= 11 is 5.94. The minimum Gasteiger partial charge on any atom is -0.477 e. The molecule has 0 atom stereocenters. The Morgan fingerprint density at radius 2 is 1.28 bits per heavy atom. The third-order valence-corrected chi connectivity index (χ3v) is 7.68. The van der Waals surface area contributed by atoms with Crippen LogP contribution in [0.5, 0.6) is 5.88 Å². The standard InChI is InChI=1S/C17H15N5O.C15H10ClN5.C2H6O/c1-3-23-16-8-11(10-19-21-16)17-20-14-7-4-12(18-2)9-15(14)22(17)13-5-6-13;1-17-10-2-5-12-13(7-10)21(11-3-4-11)15(19-12)9-6-14(16)20-18-8-9;1-2-3/h4,7-10,13H,3,5-6H2,1H3;2,5-8,11H,3-4H2;3H,2H2,1H3. The highest BCUT2D eigenvalue weighted by Crippen LogP contribution is 2.43. The number of fused-ring (bicyclic) bond motifs is 2. The molecule has 6 aromatic rings. The molecule has 0 unspecified atom stereocenters. The van der Waals surface area contributed by atoms with E-state index in [1.54, 1.807) is 37.5 Å². The summed E-state index contributed by atoms with van der Waals surface area (Å²) < 4.78 is 9.85. The topological polar surface area (TPSA) is 125 Å². The van der Waals surface area contributed by atoms with Gasteiger partial charge in [0.05, 0.1) is 54.2 Å². The van der Waals surface area contributed by atoms with E-state index in [0.29, 0.717) is 41.1 Å². The van der Waals surface area contributed by atoms with Crippen LogP contribution in [-0.4, -0.2) is 57.8 Å². The number of halogens is 1. The number of rotatable bonds is 6. The zero-order valence-corrected chi connectivity index (χ0v) is 26.6. The van der Waals surface area contributed by atoms with Crippen molar-refractivity contribution >= 4 is 45.0 Å². The number of hydrogen-bond acceptors (Lipinski definition) is 8. The molecule has 12 nitrogen and oxygen atoms in total. The van der Waals surface area contributed by atoms with Gasteiger partial charge in [-0.25, -0.2) is 19.7 Å². The number of aliphatic hydroxyl groups excluding tert-OH is 1. The summed E-state index contributed by atoms with van der Waals surface area (Å²) in [5.74, 6) is 2.20. The summed E-state index contributed by atoms with van der Waals surface area (Å²) in [7, 11) is 0. The SMILES string of the molecule is CCO.[C-]#[N+]c1ccc2nc(-c3cnnc(Cl)c3)n(C3CC3)c2c1.[C-]#[N+]c1ccc2nc(-c3cnnc(OCC)c3)n(C3CC3)c2c1. The molecule has 13 heteroatoms. The molecule has 0 saturated heterocycles. The highest BCUT2D eigenvalue weighted by molar-refractivity contribution is 6.29. The van der Waals surface area contributed by atoms with Gasteiger partial charge in [-0.2, -0.15) is 10.2 Å². The summed E-state index contributed by atoms with van der Waals surface area (Å²) in [5.41, 5.74) is 6.78. The molecule has 0 aliphatic heterocycles. The average molecular weight is 647 g/mol. The Hall–Kier alpha value is -5.43. The number of ether oxygens (including phenoxy) is 1. The van der Waals surface area contributed by atoms with Gasteiger partial charge in [0.25, 0.3) is 0 Å². The second-order valence-electron chi connectivity index (χ2n) is 10.9. The van der Waals surface area contributed by atoms with Crippen LogP contribution in [-0.2, 0) is 0 Å². The second kappa shape index (κ2) is 13.9. The zero-order valence-electron chi connectivity index (χ0n) is 25.9. The lowest BCUT2D eigenvalue weighted by Gasteiger charge is -2.08. The van der Waals surface area contributed by atoms with Crippen molar-refractivity contribution in [3.8, 4) is 28.7 Å². The minimum atomic E-state index is 0.250. The Labute approximate surface area is 276 Å². The van der Waals surface area contributed by atoms with E-state index >= 15 is 0 Å². The van der Waals surface area contributed by atoms with Crippen LogP contribution in [0.1, 0.15) is 51.6 Å². The molecular formula is C34H31ClN10O2.